The highest BCUT2D eigenvalue weighted by Crippen LogP contribution is 2.38. The molecule has 2 heterocycles. The Balaban J connectivity index is 1.57. The van der Waals surface area contributed by atoms with Gasteiger partial charge in [0.05, 0.1) is 35.8 Å². The Morgan fingerprint density at radius 1 is 1.11 bits per heavy atom. The molecule has 0 atom stereocenters. The van der Waals surface area contributed by atoms with Crippen LogP contribution in [0.15, 0.2) is 47.4 Å². The van der Waals surface area contributed by atoms with Gasteiger partial charge in [-0.25, -0.2) is 4.79 Å². The highest BCUT2D eigenvalue weighted by atomic mass is 35.5. The number of para-hydroxylation sites is 1. The molecule has 3 amide bonds. The summed E-state index contributed by atoms with van der Waals surface area (Å²) in [6, 6.07) is 11.3. The van der Waals surface area contributed by atoms with E-state index in [9.17, 15) is 19.2 Å². The number of nitrogens with zero attached hydrogens (tertiary/aromatic N) is 2. The minimum absolute atomic E-state index is 0.0658. The van der Waals surface area contributed by atoms with Gasteiger partial charge in [0.1, 0.15) is 6.54 Å². The first-order chi connectivity index (χ1) is 16.9. The number of halogens is 1. The van der Waals surface area contributed by atoms with Crippen molar-refractivity contribution in [3.8, 4) is 11.5 Å². The minimum atomic E-state index is -0.709. The lowest BCUT2D eigenvalue weighted by atomic mass is 10.1. The molecule has 0 aliphatic carbocycles. The van der Waals surface area contributed by atoms with Crippen molar-refractivity contribution in [2.75, 3.05) is 40.0 Å². The number of methoxy groups -OCH3 is 1. The zero-order chi connectivity index (χ0) is 24.9. The van der Waals surface area contributed by atoms with Crippen molar-refractivity contribution in [3.05, 3.63) is 63.5 Å². The first-order valence-electron chi connectivity index (χ1n) is 10.6. The third-order valence-corrected chi connectivity index (χ3v) is 6.57. The Morgan fingerprint density at radius 2 is 1.86 bits per heavy atom. The molecule has 2 aromatic carbocycles. The number of benzene rings is 2. The molecular formula is C24H21ClN2O7S. The Morgan fingerprint density at radius 3 is 2.57 bits per heavy atom. The second-order valence-electron chi connectivity index (χ2n) is 7.51. The molecule has 0 saturated carbocycles. The lowest BCUT2D eigenvalue weighted by Gasteiger charge is -2.28. The number of rotatable bonds is 6. The summed E-state index contributed by atoms with van der Waals surface area (Å²) in [4.78, 5) is 53.3. The first-order valence-corrected chi connectivity index (χ1v) is 11.8. The van der Waals surface area contributed by atoms with E-state index in [0.29, 0.717) is 43.6 Å². The maximum absolute atomic E-state index is 13.0. The number of thioether (sulfide) groups is 1. The van der Waals surface area contributed by atoms with Crippen molar-refractivity contribution in [2.24, 2.45) is 0 Å². The normalized spacial score (nSPS) is 17.1. The van der Waals surface area contributed by atoms with Gasteiger partial charge in [-0.1, -0.05) is 35.9 Å². The third-order valence-electron chi connectivity index (χ3n) is 5.34. The number of esters is 1. The van der Waals surface area contributed by atoms with Crippen LogP contribution in [0.4, 0.5) is 4.79 Å². The monoisotopic (exact) mass is 516 g/mol. The van der Waals surface area contributed by atoms with Crippen molar-refractivity contribution in [1.82, 2.24) is 9.80 Å². The summed E-state index contributed by atoms with van der Waals surface area (Å²) in [5.74, 6) is -1.32. The van der Waals surface area contributed by atoms with E-state index in [1.165, 1.54) is 19.3 Å². The molecule has 2 saturated heterocycles. The number of carbonyl (C=O) groups excluding carboxylic acids is 4. The second-order valence-corrected chi connectivity index (χ2v) is 8.91. The van der Waals surface area contributed by atoms with Crippen LogP contribution in [0.2, 0.25) is 5.02 Å². The van der Waals surface area contributed by atoms with Crippen LogP contribution in [-0.4, -0.2) is 72.8 Å². The maximum Gasteiger partial charge on any atom is 0.345 e. The molecule has 35 heavy (non-hydrogen) atoms. The molecule has 2 aromatic rings. The fourth-order valence-electron chi connectivity index (χ4n) is 3.52. The van der Waals surface area contributed by atoms with Crippen LogP contribution < -0.4 is 9.47 Å². The molecular weight excluding hydrogens is 496 g/mol. The average Bonchev–Trinajstić information content (AvgIpc) is 3.13. The smallest absolute Gasteiger partial charge is 0.345 e. The van der Waals surface area contributed by atoms with E-state index < -0.39 is 17.1 Å². The summed E-state index contributed by atoms with van der Waals surface area (Å²) in [7, 11) is 1.41. The quantitative estimate of drug-likeness (QED) is 0.327. The molecule has 0 unspecified atom stereocenters. The second kappa shape index (κ2) is 10.9. The van der Waals surface area contributed by atoms with E-state index in [1.807, 2.05) is 0 Å². The molecule has 2 fully saturated rings. The van der Waals surface area contributed by atoms with Crippen LogP contribution in [0.1, 0.15) is 15.9 Å². The van der Waals surface area contributed by atoms with Gasteiger partial charge in [-0.15, -0.1) is 0 Å². The van der Waals surface area contributed by atoms with Gasteiger partial charge in [0.15, 0.2) is 11.5 Å². The van der Waals surface area contributed by atoms with Gasteiger partial charge < -0.3 is 19.1 Å². The Hall–Kier alpha value is -3.34. The summed E-state index contributed by atoms with van der Waals surface area (Å²) >= 11 is 6.82. The van der Waals surface area contributed by atoms with E-state index in [-0.39, 0.29) is 39.4 Å². The molecule has 11 heteroatoms. The fourth-order valence-corrected chi connectivity index (χ4v) is 4.56. The maximum atomic E-state index is 13.0. The summed E-state index contributed by atoms with van der Waals surface area (Å²) in [6.45, 7) is 1.30. The standard InChI is InChI=1S/C24H21ClN2O7S/c1-32-18-8-4-5-15(21(18)34-23(30)16-6-2-3-7-17(16)25)13-19-22(29)27(24(31)35-19)14-20(28)26-9-11-33-12-10-26/h2-8,13H,9-12,14H2,1H3/b19-13-. The molecule has 0 bridgehead atoms. The van der Waals surface area contributed by atoms with Crippen LogP contribution >= 0.6 is 23.4 Å². The molecule has 0 aromatic heterocycles. The molecule has 2 aliphatic heterocycles. The first kappa shape index (κ1) is 24.8. The lowest BCUT2D eigenvalue weighted by Crippen LogP contribution is -2.46. The molecule has 0 radical (unpaired) electrons. The third kappa shape index (κ3) is 5.50. The fraction of sp³-hybridized carbons (Fsp3) is 0.250. The van der Waals surface area contributed by atoms with E-state index in [2.05, 4.69) is 0 Å². The number of ether oxygens (including phenoxy) is 3. The molecule has 182 valence electrons. The molecule has 4 rings (SSSR count). The van der Waals surface area contributed by atoms with Crippen molar-refractivity contribution in [2.45, 2.75) is 0 Å². The van der Waals surface area contributed by atoms with Gasteiger partial charge in [-0.2, -0.15) is 0 Å². The van der Waals surface area contributed by atoms with Crippen LogP contribution in [0.5, 0.6) is 11.5 Å². The predicted octanol–water partition coefficient (Wildman–Crippen LogP) is 3.46. The van der Waals surface area contributed by atoms with Crippen molar-refractivity contribution in [3.63, 3.8) is 0 Å². The number of hydrogen-bond acceptors (Lipinski definition) is 8. The van der Waals surface area contributed by atoms with E-state index in [0.717, 1.165) is 4.90 Å². The van der Waals surface area contributed by atoms with E-state index in [1.54, 1.807) is 41.3 Å². The zero-order valence-electron chi connectivity index (χ0n) is 18.7. The number of hydrogen-bond donors (Lipinski definition) is 0. The summed E-state index contributed by atoms with van der Waals surface area (Å²) in [5.41, 5.74) is 0.503. The number of carbonyl (C=O) groups is 4. The van der Waals surface area contributed by atoms with Crippen molar-refractivity contribution in [1.29, 1.82) is 0 Å². The van der Waals surface area contributed by atoms with Crippen molar-refractivity contribution >= 4 is 52.5 Å². The highest BCUT2D eigenvalue weighted by molar-refractivity contribution is 8.18. The van der Waals surface area contributed by atoms with Gasteiger partial charge in [-0.05, 0) is 36.0 Å². The van der Waals surface area contributed by atoms with Gasteiger partial charge >= 0.3 is 5.97 Å². The Labute approximate surface area is 210 Å². The highest BCUT2D eigenvalue weighted by Gasteiger charge is 2.37. The largest absolute Gasteiger partial charge is 0.493 e. The van der Waals surface area contributed by atoms with Crippen LogP contribution in [0.25, 0.3) is 6.08 Å². The molecule has 0 N–H and O–H groups in total. The number of morpholine rings is 1. The predicted molar refractivity (Wildman–Crippen MR) is 129 cm³/mol. The van der Waals surface area contributed by atoms with Crippen molar-refractivity contribution < 1.29 is 33.4 Å². The van der Waals surface area contributed by atoms with Crippen LogP contribution in [-0.2, 0) is 14.3 Å². The number of imide groups is 1. The molecule has 9 nitrogen and oxygen atoms in total. The average molecular weight is 517 g/mol. The van der Waals surface area contributed by atoms with Crippen LogP contribution in [0, 0.1) is 0 Å². The Bertz CT molecular complexity index is 1210. The van der Waals surface area contributed by atoms with E-state index >= 15 is 0 Å². The van der Waals surface area contributed by atoms with E-state index in [4.69, 9.17) is 25.8 Å². The molecule has 0 spiro atoms. The van der Waals surface area contributed by atoms with Gasteiger partial charge in [-0.3, -0.25) is 19.3 Å². The van der Waals surface area contributed by atoms with Crippen LogP contribution in [0.3, 0.4) is 0 Å². The summed E-state index contributed by atoms with van der Waals surface area (Å²) in [5, 5.41) is -0.333. The zero-order valence-corrected chi connectivity index (χ0v) is 20.3. The summed E-state index contributed by atoms with van der Waals surface area (Å²) < 4.78 is 16.2. The van der Waals surface area contributed by atoms with Gasteiger partial charge in [0.2, 0.25) is 5.91 Å². The van der Waals surface area contributed by atoms with Gasteiger partial charge in [0.25, 0.3) is 11.1 Å². The summed E-state index contributed by atoms with van der Waals surface area (Å²) in [6.07, 6.45) is 1.43. The Kier molecular flexibility index (Phi) is 7.74. The molecule has 2 aliphatic rings. The SMILES string of the molecule is COc1cccc(/C=C2\SC(=O)N(CC(=O)N3CCOCC3)C2=O)c1OC(=O)c1ccccc1Cl. The number of amides is 3. The topological polar surface area (TPSA) is 102 Å². The minimum Gasteiger partial charge on any atom is -0.493 e. The van der Waals surface area contributed by atoms with Gasteiger partial charge in [0, 0.05) is 18.7 Å². The lowest BCUT2D eigenvalue weighted by molar-refractivity contribution is -0.139.